The maximum absolute atomic E-state index is 11.6. The molecule has 1 aromatic rings. The fraction of sp³-hybridized carbons (Fsp3) is 0.667. The molecule has 0 aliphatic carbocycles. The molecule has 2 saturated heterocycles. The number of nitrogens with zero attached hydrogens (tertiary/aromatic N) is 3. The minimum Gasteiger partial charge on any atom is -0.481 e. The van der Waals surface area contributed by atoms with E-state index < -0.39 is 15.8 Å². The molecule has 24 heavy (non-hydrogen) atoms. The first-order chi connectivity index (χ1) is 11.3. The van der Waals surface area contributed by atoms with Gasteiger partial charge < -0.3 is 15.3 Å². The average molecular weight is 354 g/mol. The standard InChI is InChI=1S/C15H22N4O4S/c1-10-16-13(18-12-4-7-24(22,23)9-12)8-14(17-10)19-5-2-11(3-6-19)15(20)21/h8,11-12H,2-7,9H2,1H3,(H,20,21)(H,16,17,18). The van der Waals surface area contributed by atoms with Crippen LogP contribution in [-0.2, 0) is 14.6 Å². The number of hydrogen-bond acceptors (Lipinski definition) is 7. The largest absolute Gasteiger partial charge is 0.481 e. The number of sulfone groups is 1. The van der Waals surface area contributed by atoms with Crippen molar-refractivity contribution in [1.82, 2.24) is 9.97 Å². The summed E-state index contributed by atoms with van der Waals surface area (Å²) in [6.45, 7) is 3.08. The van der Waals surface area contributed by atoms with Crippen LogP contribution in [-0.4, -0.2) is 60.1 Å². The van der Waals surface area contributed by atoms with Crippen molar-refractivity contribution in [1.29, 1.82) is 0 Å². The molecule has 1 aromatic heterocycles. The highest BCUT2D eigenvalue weighted by Gasteiger charge is 2.29. The number of anilines is 2. The number of piperidine rings is 1. The molecule has 0 amide bonds. The number of aryl methyl sites for hydroxylation is 1. The second-order valence-electron chi connectivity index (χ2n) is 6.50. The van der Waals surface area contributed by atoms with Gasteiger partial charge in [0.2, 0.25) is 0 Å². The molecule has 2 N–H and O–H groups in total. The van der Waals surface area contributed by atoms with E-state index >= 15 is 0 Å². The van der Waals surface area contributed by atoms with Crippen molar-refractivity contribution < 1.29 is 18.3 Å². The number of nitrogens with one attached hydrogen (secondary N) is 1. The molecule has 2 aliphatic heterocycles. The molecule has 1 atom stereocenters. The monoisotopic (exact) mass is 354 g/mol. The third kappa shape index (κ3) is 3.95. The maximum atomic E-state index is 11.6. The Bertz CT molecular complexity index is 729. The number of hydrogen-bond donors (Lipinski definition) is 2. The van der Waals surface area contributed by atoms with Crippen molar-refractivity contribution in [2.45, 2.75) is 32.2 Å². The summed E-state index contributed by atoms with van der Waals surface area (Å²) in [6.07, 6.45) is 1.79. The summed E-state index contributed by atoms with van der Waals surface area (Å²) in [6, 6.07) is 1.70. The van der Waals surface area contributed by atoms with Crippen LogP contribution < -0.4 is 10.2 Å². The Morgan fingerprint density at radius 2 is 2.00 bits per heavy atom. The Kier molecular flexibility index (Phi) is 4.62. The van der Waals surface area contributed by atoms with E-state index in [-0.39, 0.29) is 23.5 Å². The van der Waals surface area contributed by atoms with Gasteiger partial charge in [0, 0.05) is 25.2 Å². The first kappa shape index (κ1) is 16.9. The Hall–Kier alpha value is -1.90. The van der Waals surface area contributed by atoms with Crippen LogP contribution in [0, 0.1) is 12.8 Å². The van der Waals surface area contributed by atoms with Gasteiger partial charge in [-0.2, -0.15) is 0 Å². The van der Waals surface area contributed by atoms with E-state index in [0.29, 0.717) is 44.0 Å². The molecular formula is C15H22N4O4S. The van der Waals surface area contributed by atoms with Crippen LogP contribution in [0.25, 0.3) is 0 Å². The Balaban J connectivity index is 1.69. The van der Waals surface area contributed by atoms with Gasteiger partial charge in [-0.05, 0) is 26.2 Å². The molecule has 0 aromatic carbocycles. The van der Waals surface area contributed by atoms with Crippen molar-refractivity contribution in [3.63, 3.8) is 0 Å². The number of aromatic nitrogens is 2. The Morgan fingerprint density at radius 3 is 2.58 bits per heavy atom. The number of carboxylic acid groups (broad SMARTS) is 1. The number of aliphatic carboxylic acids is 1. The predicted molar refractivity (Wildman–Crippen MR) is 90.0 cm³/mol. The van der Waals surface area contributed by atoms with Crippen LogP contribution in [0.15, 0.2) is 6.07 Å². The fourth-order valence-corrected chi connectivity index (χ4v) is 4.93. The van der Waals surface area contributed by atoms with E-state index in [4.69, 9.17) is 5.11 Å². The lowest BCUT2D eigenvalue weighted by Crippen LogP contribution is -2.37. The second-order valence-corrected chi connectivity index (χ2v) is 8.73. The van der Waals surface area contributed by atoms with E-state index in [1.807, 2.05) is 6.07 Å². The summed E-state index contributed by atoms with van der Waals surface area (Å²) < 4.78 is 23.1. The molecule has 0 spiro atoms. The lowest BCUT2D eigenvalue weighted by atomic mass is 9.97. The van der Waals surface area contributed by atoms with E-state index in [9.17, 15) is 13.2 Å². The van der Waals surface area contributed by atoms with Crippen LogP contribution >= 0.6 is 0 Å². The molecule has 0 saturated carbocycles. The van der Waals surface area contributed by atoms with E-state index in [0.717, 1.165) is 5.82 Å². The quantitative estimate of drug-likeness (QED) is 0.812. The van der Waals surface area contributed by atoms with Gasteiger partial charge in [-0.3, -0.25) is 4.79 Å². The second kappa shape index (κ2) is 6.54. The lowest BCUT2D eigenvalue weighted by molar-refractivity contribution is -0.142. The predicted octanol–water partition coefficient (Wildman–Crippen LogP) is 0.685. The van der Waals surface area contributed by atoms with Crippen molar-refractivity contribution in [2.75, 3.05) is 34.8 Å². The SMILES string of the molecule is Cc1nc(NC2CCS(=O)(=O)C2)cc(N2CCC(C(=O)O)CC2)n1. The van der Waals surface area contributed by atoms with Gasteiger partial charge in [-0.15, -0.1) is 0 Å². The molecule has 2 fully saturated rings. The highest BCUT2D eigenvalue weighted by molar-refractivity contribution is 7.91. The zero-order chi connectivity index (χ0) is 17.3. The molecule has 1 unspecified atom stereocenters. The van der Waals surface area contributed by atoms with Gasteiger partial charge in [0.25, 0.3) is 0 Å². The third-order valence-corrected chi connectivity index (χ3v) is 6.35. The Morgan fingerprint density at radius 1 is 1.29 bits per heavy atom. The van der Waals surface area contributed by atoms with Crippen molar-refractivity contribution in [3.8, 4) is 0 Å². The van der Waals surface area contributed by atoms with Crippen LogP contribution in [0.1, 0.15) is 25.1 Å². The molecule has 0 radical (unpaired) electrons. The highest BCUT2D eigenvalue weighted by atomic mass is 32.2. The van der Waals surface area contributed by atoms with Crippen LogP contribution in [0.3, 0.4) is 0 Å². The zero-order valence-corrected chi connectivity index (χ0v) is 14.4. The lowest BCUT2D eigenvalue weighted by Gasteiger charge is -2.31. The highest BCUT2D eigenvalue weighted by Crippen LogP contribution is 2.25. The molecule has 8 nitrogen and oxygen atoms in total. The first-order valence-electron chi connectivity index (χ1n) is 8.13. The molecular weight excluding hydrogens is 332 g/mol. The van der Waals surface area contributed by atoms with Crippen LogP contribution in [0.2, 0.25) is 0 Å². The Labute approximate surface area is 141 Å². The van der Waals surface area contributed by atoms with E-state index in [1.165, 1.54) is 0 Å². The smallest absolute Gasteiger partial charge is 0.306 e. The van der Waals surface area contributed by atoms with Gasteiger partial charge in [0.05, 0.1) is 17.4 Å². The molecule has 3 heterocycles. The van der Waals surface area contributed by atoms with Gasteiger partial charge in [-0.1, -0.05) is 0 Å². The van der Waals surface area contributed by atoms with Crippen molar-refractivity contribution >= 4 is 27.4 Å². The fourth-order valence-electron chi connectivity index (χ4n) is 3.26. The number of carbonyl (C=O) groups is 1. The van der Waals surface area contributed by atoms with Gasteiger partial charge in [0.15, 0.2) is 9.84 Å². The molecule has 9 heteroatoms. The third-order valence-electron chi connectivity index (χ3n) is 4.58. The summed E-state index contributed by atoms with van der Waals surface area (Å²) in [5.74, 6) is 1.31. The minimum atomic E-state index is -2.94. The molecule has 3 rings (SSSR count). The van der Waals surface area contributed by atoms with Crippen LogP contribution in [0.5, 0.6) is 0 Å². The topological polar surface area (TPSA) is 112 Å². The zero-order valence-electron chi connectivity index (χ0n) is 13.6. The van der Waals surface area contributed by atoms with Crippen LogP contribution in [0.4, 0.5) is 11.6 Å². The van der Waals surface area contributed by atoms with Gasteiger partial charge in [0.1, 0.15) is 17.5 Å². The summed E-state index contributed by atoms with van der Waals surface area (Å²) >= 11 is 0. The molecule has 0 bridgehead atoms. The van der Waals surface area contributed by atoms with Gasteiger partial charge in [-0.25, -0.2) is 18.4 Å². The molecule has 132 valence electrons. The maximum Gasteiger partial charge on any atom is 0.306 e. The van der Waals surface area contributed by atoms with E-state index in [1.54, 1.807) is 6.92 Å². The van der Waals surface area contributed by atoms with Crippen molar-refractivity contribution in [3.05, 3.63) is 11.9 Å². The summed E-state index contributed by atoms with van der Waals surface area (Å²) in [5.41, 5.74) is 0. The summed E-state index contributed by atoms with van der Waals surface area (Å²) in [5, 5.41) is 12.3. The number of carboxylic acids is 1. The van der Waals surface area contributed by atoms with Gasteiger partial charge >= 0.3 is 5.97 Å². The minimum absolute atomic E-state index is 0.116. The molecule has 2 aliphatic rings. The summed E-state index contributed by atoms with van der Waals surface area (Å²) in [4.78, 5) is 21.9. The number of rotatable bonds is 4. The normalized spacial score (nSPS) is 24.0. The first-order valence-corrected chi connectivity index (χ1v) is 9.95. The summed E-state index contributed by atoms with van der Waals surface area (Å²) in [7, 11) is -2.94. The average Bonchev–Trinajstić information content (AvgIpc) is 2.85. The van der Waals surface area contributed by atoms with Crippen molar-refractivity contribution in [2.24, 2.45) is 5.92 Å². The van der Waals surface area contributed by atoms with E-state index in [2.05, 4.69) is 20.2 Å².